The van der Waals surface area contributed by atoms with Gasteiger partial charge in [-0.3, -0.25) is 9.47 Å². The molecule has 41 heavy (non-hydrogen) atoms. The molecule has 1 aromatic carbocycles. The standard InChI is InChI=1S/C25H26F2N8O4S2/c26-20(27)23-31-32-24(40-23)35-18-13-16(41(36,37)33-25(14-28)5-6-25)3-4-17(18)19-21(35)29-15-30-22(19)39-10-2-1-7-34-8-11-38-12-9-34/h3-4,13,15,20,33H,1-2,5-12H2. The molecule has 2 aliphatic rings. The molecule has 4 heterocycles. The lowest BCUT2D eigenvalue weighted by Crippen LogP contribution is -2.36. The molecule has 0 bridgehead atoms. The minimum atomic E-state index is -4.06. The maximum atomic E-state index is 13.4. The Labute approximate surface area is 238 Å². The Kier molecular flexibility index (Phi) is 7.55. The van der Waals surface area contributed by atoms with Crippen LogP contribution in [0.1, 0.15) is 37.1 Å². The number of rotatable bonds is 11. The molecule has 1 aliphatic carbocycles. The van der Waals surface area contributed by atoms with Gasteiger partial charge >= 0.3 is 0 Å². The van der Waals surface area contributed by atoms with Crippen LogP contribution in [-0.2, 0) is 14.8 Å². The minimum Gasteiger partial charge on any atom is -0.477 e. The van der Waals surface area contributed by atoms with Crippen LogP contribution in [0.5, 0.6) is 5.88 Å². The van der Waals surface area contributed by atoms with Gasteiger partial charge < -0.3 is 9.47 Å². The number of halogens is 2. The van der Waals surface area contributed by atoms with Gasteiger partial charge in [0.05, 0.1) is 41.7 Å². The molecule has 0 atom stereocenters. The zero-order valence-corrected chi connectivity index (χ0v) is 23.4. The zero-order chi connectivity index (χ0) is 28.6. The average molecular weight is 605 g/mol. The van der Waals surface area contributed by atoms with Crippen LogP contribution in [0.4, 0.5) is 8.78 Å². The number of ether oxygens (including phenoxy) is 2. The number of nitrogens with one attached hydrogen (secondary N) is 1. The first-order valence-electron chi connectivity index (χ1n) is 13.1. The Morgan fingerprint density at radius 1 is 1.20 bits per heavy atom. The van der Waals surface area contributed by atoms with E-state index in [9.17, 15) is 22.5 Å². The number of nitrogens with zero attached hydrogens (tertiary/aromatic N) is 7. The van der Waals surface area contributed by atoms with E-state index in [0.29, 0.717) is 58.6 Å². The Balaban J connectivity index is 1.36. The number of hydrogen-bond donors (Lipinski definition) is 1. The SMILES string of the molecule is N#CC1(NS(=O)(=O)c2ccc3c4c(OCCCCN5CCOCC5)ncnc4n(-c4nnc(C(F)F)s4)c3c2)CC1. The molecule has 6 rings (SSSR count). The molecule has 0 radical (unpaired) electrons. The molecule has 1 N–H and O–H groups in total. The summed E-state index contributed by atoms with van der Waals surface area (Å²) in [5, 5.41) is 17.6. The predicted octanol–water partition coefficient (Wildman–Crippen LogP) is 3.19. The largest absolute Gasteiger partial charge is 0.477 e. The van der Waals surface area contributed by atoms with Crippen LogP contribution in [0.15, 0.2) is 29.4 Å². The van der Waals surface area contributed by atoms with Crippen molar-refractivity contribution in [1.82, 2.24) is 34.4 Å². The molecule has 2 fully saturated rings. The summed E-state index contributed by atoms with van der Waals surface area (Å²) in [6.45, 7) is 4.64. The third kappa shape index (κ3) is 5.60. The van der Waals surface area contributed by atoms with Crippen LogP contribution in [0.3, 0.4) is 0 Å². The van der Waals surface area contributed by atoms with E-state index in [0.717, 1.165) is 45.7 Å². The Morgan fingerprint density at radius 2 is 2.00 bits per heavy atom. The topological polar surface area (TPSA) is 148 Å². The summed E-state index contributed by atoms with van der Waals surface area (Å²) in [5.74, 6) is 0.291. The Bertz CT molecular complexity index is 1730. The van der Waals surface area contributed by atoms with Crippen molar-refractivity contribution >= 4 is 43.3 Å². The highest BCUT2D eigenvalue weighted by molar-refractivity contribution is 7.89. The molecule has 0 unspecified atom stereocenters. The first-order chi connectivity index (χ1) is 19.8. The fourth-order valence-electron chi connectivity index (χ4n) is 4.77. The van der Waals surface area contributed by atoms with Gasteiger partial charge in [0.1, 0.15) is 11.9 Å². The summed E-state index contributed by atoms with van der Waals surface area (Å²) in [7, 11) is -4.06. The number of hydrogen-bond acceptors (Lipinski definition) is 11. The van der Waals surface area contributed by atoms with Crippen LogP contribution in [0.25, 0.3) is 27.1 Å². The zero-order valence-electron chi connectivity index (χ0n) is 21.8. The summed E-state index contributed by atoms with van der Waals surface area (Å²) in [4.78, 5) is 11.0. The fourth-order valence-corrected chi connectivity index (χ4v) is 6.88. The molecule has 0 amide bonds. The smallest absolute Gasteiger partial charge is 0.291 e. The molecular weight excluding hydrogens is 578 g/mol. The lowest BCUT2D eigenvalue weighted by molar-refractivity contribution is 0.0368. The molecule has 1 saturated heterocycles. The molecule has 1 saturated carbocycles. The molecule has 3 aromatic heterocycles. The van der Waals surface area contributed by atoms with Crippen molar-refractivity contribution in [3.63, 3.8) is 0 Å². The summed E-state index contributed by atoms with van der Waals surface area (Å²) >= 11 is 0.677. The van der Waals surface area contributed by atoms with E-state index in [-0.39, 0.29) is 10.0 Å². The number of unbranched alkanes of at least 4 members (excludes halogenated alkanes) is 1. The van der Waals surface area contributed by atoms with E-state index in [4.69, 9.17) is 9.47 Å². The number of morpholine rings is 1. The van der Waals surface area contributed by atoms with Crippen molar-refractivity contribution < 1.29 is 26.7 Å². The molecule has 1 aliphatic heterocycles. The lowest BCUT2D eigenvalue weighted by atomic mass is 10.2. The van der Waals surface area contributed by atoms with Gasteiger partial charge in [-0.15, -0.1) is 10.2 Å². The Morgan fingerprint density at radius 3 is 2.71 bits per heavy atom. The number of sulfonamides is 1. The van der Waals surface area contributed by atoms with Gasteiger partial charge in [-0.2, -0.15) is 9.98 Å². The summed E-state index contributed by atoms with van der Waals surface area (Å²) in [6.07, 6.45) is 1.05. The van der Waals surface area contributed by atoms with E-state index < -0.39 is 27.0 Å². The normalized spacial score (nSPS) is 17.3. The monoisotopic (exact) mass is 604 g/mol. The van der Waals surface area contributed by atoms with Gasteiger partial charge in [-0.05, 0) is 44.4 Å². The molecule has 16 heteroatoms. The van der Waals surface area contributed by atoms with Crippen molar-refractivity contribution in [1.29, 1.82) is 5.26 Å². The average Bonchev–Trinajstić information content (AvgIpc) is 3.41. The highest BCUT2D eigenvalue weighted by Gasteiger charge is 2.46. The molecule has 216 valence electrons. The second-order valence-electron chi connectivity index (χ2n) is 9.92. The number of benzene rings is 1. The second kappa shape index (κ2) is 11.1. The second-order valence-corrected chi connectivity index (χ2v) is 12.6. The maximum Gasteiger partial charge on any atom is 0.291 e. The molecule has 4 aromatic rings. The van der Waals surface area contributed by atoms with Crippen LogP contribution >= 0.6 is 11.3 Å². The molecule has 12 nitrogen and oxygen atoms in total. The fraction of sp³-hybridized carbons (Fsp3) is 0.480. The molecule has 0 spiro atoms. The maximum absolute atomic E-state index is 13.4. The highest BCUT2D eigenvalue weighted by Crippen LogP contribution is 2.39. The van der Waals surface area contributed by atoms with Crippen molar-refractivity contribution in [3.8, 4) is 17.1 Å². The summed E-state index contributed by atoms with van der Waals surface area (Å²) < 4.78 is 68.5. The molecular formula is C25H26F2N8O4S2. The van der Waals surface area contributed by atoms with Gasteiger partial charge in [-0.1, -0.05) is 17.4 Å². The Hall–Kier alpha value is -3.36. The third-order valence-electron chi connectivity index (χ3n) is 7.11. The van der Waals surface area contributed by atoms with Crippen LogP contribution in [0, 0.1) is 11.3 Å². The highest BCUT2D eigenvalue weighted by atomic mass is 32.2. The van der Waals surface area contributed by atoms with Gasteiger partial charge in [0, 0.05) is 18.5 Å². The van der Waals surface area contributed by atoms with Crippen LogP contribution < -0.4 is 9.46 Å². The summed E-state index contributed by atoms with van der Waals surface area (Å²) in [6, 6.07) is 6.44. The lowest BCUT2D eigenvalue weighted by Gasteiger charge is -2.26. The van der Waals surface area contributed by atoms with E-state index >= 15 is 0 Å². The van der Waals surface area contributed by atoms with Crippen LogP contribution in [-0.4, -0.2) is 83.0 Å². The third-order valence-corrected chi connectivity index (χ3v) is 9.56. The van der Waals surface area contributed by atoms with E-state index in [1.54, 1.807) is 6.07 Å². The van der Waals surface area contributed by atoms with Crippen molar-refractivity contribution in [3.05, 3.63) is 29.5 Å². The van der Waals surface area contributed by atoms with E-state index in [1.165, 1.54) is 23.0 Å². The van der Waals surface area contributed by atoms with Gasteiger partial charge in [0.25, 0.3) is 6.43 Å². The number of alkyl halides is 2. The van der Waals surface area contributed by atoms with E-state index in [2.05, 4.69) is 29.8 Å². The first kappa shape index (κ1) is 27.8. The summed E-state index contributed by atoms with van der Waals surface area (Å²) in [5.41, 5.74) is -0.451. The first-order valence-corrected chi connectivity index (χ1v) is 15.4. The number of aromatic nitrogens is 5. The quantitative estimate of drug-likeness (QED) is 0.253. The van der Waals surface area contributed by atoms with Gasteiger partial charge in [0.2, 0.25) is 21.0 Å². The van der Waals surface area contributed by atoms with Crippen LogP contribution in [0.2, 0.25) is 0 Å². The number of fused-ring (bicyclic) bond motifs is 3. The van der Waals surface area contributed by atoms with Crippen molar-refractivity contribution in [2.45, 2.75) is 42.5 Å². The minimum absolute atomic E-state index is 0.0901. The van der Waals surface area contributed by atoms with Gasteiger partial charge in [0.15, 0.2) is 10.7 Å². The van der Waals surface area contributed by atoms with Gasteiger partial charge in [-0.25, -0.2) is 27.2 Å². The van der Waals surface area contributed by atoms with Crippen molar-refractivity contribution in [2.75, 3.05) is 39.5 Å². The van der Waals surface area contributed by atoms with Crippen molar-refractivity contribution in [2.24, 2.45) is 0 Å². The number of nitriles is 1. The van der Waals surface area contributed by atoms with E-state index in [1.807, 2.05) is 6.07 Å². The predicted molar refractivity (Wildman–Crippen MR) is 145 cm³/mol.